The summed E-state index contributed by atoms with van der Waals surface area (Å²) in [5.41, 5.74) is 2.27. The molecule has 0 bridgehead atoms. The molecule has 0 heterocycles. The zero-order valence-corrected chi connectivity index (χ0v) is 13.9. The molecule has 1 N–H and O–H groups in total. The Morgan fingerprint density at radius 1 is 1.00 bits per heavy atom. The van der Waals surface area contributed by atoms with E-state index in [0.717, 1.165) is 12.0 Å². The highest BCUT2D eigenvalue weighted by Gasteiger charge is 1.96. The summed E-state index contributed by atoms with van der Waals surface area (Å²) in [5, 5.41) is 8.65. The second-order valence-corrected chi connectivity index (χ2v) is 6.00. The van der Waals surface area contributed by atoms with Crippen molar-refractivity contribution in [3.8, 4) is 0 Å². The van der Waals surface area contributed by atoms with Gasteiger partial charge in [-0.3, -0.25) is 0 Å². The molecule has 0 atom stereocenters. The molecule has 1 rings (SSSR count). The number of aliphatic carboxylic acids is 1. The van der Waals surface area contributed by atoms with Gasteiger partial charge in [0.2, 0.25) is 0 Å². The van der Waals surface area contributed by atoms with E-state index >= 15 is 0 Å². The SMILES string of the molecule is CCCCCCCCCCCc1cccc(C=CC(=O)O)c1. The van der Waals surface area contributed by atoms with Crippen molar-refractivity contribution in [2.45, 2.75) is 71.1 Å². The van der Waals surface area contributed by atoms with E-state index < -0.39 is 5.97 Å². The maximum absolute atomic E-state index is 10.5. The first-order valence-electron chi connectivity index (χ1n) is 8.72. The van der Waals surface area contributed by atoms with Crippen LogP contribution in [0.4, 0.5) is 0 Å². The van der Waals surface area contributed by atoms with E-state index in [2.05, 4.69) is 19.1 Å². The van der Waals surface area contributed by atoms with Crippen LogP contribution >= 0.6 is 0 Å². The topological polar surface area (TPSA) is 37.3 Å². The van der Waals surface area contributed by atoms with Crippen LogP contribution in [0, 0.1) is 0 Å². The molecule has 0 spiro atoms. The second-order valence-electron chi connectivity index (χ2n) is 6.00. The Labute approximate surface area is 135 Å². The summed E-state index contributed by atoms with van der Waals surface area (Å²) in [6.07, 6.45) is 16.0. The van der Waals surface area contributed by atoms with E-state index in [-0.39, 0.29) is 0 Å². The average Bonchev–Trinajstić information content (AvgIpc) is 2.52. The summed E-state index contributed by atoms with van der Waals surface area (Å²) < 4.78 is 0. The van der Waals surface area contributed by atoms with Crippen molar-refractivity contribution in [2.75, 3.05) is 0 Å². The highest BCUT2D eigenvalue weighted by atomic mass is 16.4. The van der Waals surface area contributed by atoms with Gasteiger partial charge >= 0.3 is 5.97 Å². The lowest BCUT2D eigenvalue weighted by atomic mass is 10.0. The predicted octanol–water partition coefficient (Wildman–Crippen LogP) is 5.86. The van der Waals surface area contributed by atoms with Crippen molar-refractivity contribution in [3.63, 3.8) is 0 Å². The number of carboxylic acid groups (broad SMARTS) is 1. The third-order valence-corrected chi connectivity index (χ3v) is 3.94. The molecule has 0 aliphatic heterocycles. The number of unbranched alkanes of at least 4 members (excludes halogenated alkanes) is 8. The molecule has 1 aromatic carbocycles. The number of hydrogen-bond acceptors (Lipinski definition) is 1. The number of carboxylic acids is 1. The number of rotatable bonds is 12. The zero-order chi connectivity index (χ0) is 16.0. The van der Waals surface area contributed by atoms with Crippen molar-refractivity contribution in [1.29, 1.82) is 0 Å². The Balaban J connectivity index is 2.14. The number of hydrogen-bond donors (Lipinski definition) is 1. The summed E-state index contributed by atoms with van der Waals surface area (Å²) >= 11 is 0. The van der Waals surface area contributed by atoms with Gasteiger partial charge in [0.25, 0.3) is 0 Å². The lowest BCUT2D eigenvalue weighted by Gasteiger charge is -2.04. The fraction of sp³-hybridized carbons (Fsp3) is 0.550. The molecule has 2 nitrogen and oxygen atoms in total. The summed E-state index contributed by atoms with van der Waals surface area (Å²) in [6.45, 7) is 2.26. The van der Waals surface area contributed by atoms with Crippen molar-refractivity contribution in [3.05, 3.63) is 41.5 Å². The Morgan fingerprint density at radius 3 is 2.27 bits per heavy atom. The quantitative estimate of drug-likeness (QED) is 0.388. The van der Waals surface area contributed by atoms with E-state index in [1.807, 2.05) is 12.1 Å². The molecule has 0 aliphatic rings. The normalized spacial score (nSPS) is 11.1. The van der Waals surface area contributed by atoms with Crippen molar-refractivity contribution >= 4 is 12.0 Å². The minimum absolute atomic E-state index is 0.899. The highest BCUT2D eigenvalue weighted by molar-refractivity contribution is 5.85. The van der Waals surface area contributed by atoms with E-state index in [9.17, 15) is 4.79 Å². The maximum atomic E-state index is 10.5. The minimum Gasteiger partial charge on any atom is -0.478 e. The Kier molecular flexibility index (Phi) is 10.1. The van der Waals surface area contributed by atoms with Crippen molar-refractivity contribution < 1.29 is 9.90 Å². The average molecular weight is 302 g/mol. The summed E-state index contributed by atoms with van der Waals surface area (Å²) in [7, 11) is 0. The van der Waals surface area contributed by atoms with Crippen LogP contribution < -0.4 is 0 Å². The summed E-state index contributed by atoms with van der Waals surface area (Å²) in [4.78, 5) is 10.5. The molecule has 0 radical (unpaired) electrons. The molecule has 0 aromatic heterocycles. The standard InChI is InChI=1S/C20H30O2/c1-2-3-4-5-6-7-8-9-10-12-18-13-11-14-19(17-18)15-16-20(21)22/h11,13-17H,2-10,12H2,1H3,(H,21,22). The third kappa shape index (κ3) is 9.38. The molecule has 0 saturated heterocycles. The lowest BCUT2D eigenvalue weighted by molar-refractivity contribution is -0.131. The van der Waals surface area contributed by atoms with E-state index in [1.54, 1.807) is 6.08 Å². The summed E-state index contributed by atoms with van der Waals surface area (Å²) in [5.74, 6) is -0.899. The smallest absolute Gasteiger partial charge is 0.328 e. The van der Waals surface area contributed by atoms with Gasteiger partial charge in [0.05, 0.1) is 0 Å². The predicted molar refractivity (Wildman–Crippen MR) is 94.0 cm³/mol. The third-order valence-electron chi connectivity index (χ3n) is 3.94. The van der Waals surface area contributed by atoms with Crippen LogP contribution in [0.2, 0.25) is 0 Å². The Morgan fingerprint density at radius 2 is 1.64 bits per heavy atom. The molecule has 0 aliphatic carbocycles. The molecule has 0 unspecified atom stereocenters. The molecule has 22 heavy (non-hydrogen) atoms. The fourth-order valence-corrected chi connectivity index (χ4v) is 2.66. The van der Waals surface area contributed by atoms with E-state index in [0.29, 0.717) is 0 Å². The van der Waals surface area contributed by atoms with Crippen LogP contribution in [0.3, 0.4) is 0 Å². The number of aryl methyl sites for hydroxylation is 1. The first-order chi connectivity index (χ1) is 10.7. The fourth-order valence-electron chi connectivity index (χ4n) is 2.66. The molecular formula is C20H30O2. The molecule has 122 valence electrons. The molecule has 0 saturated carbocycles. The largest absolute Gasteiger partial charge is 0.478 e. The van der Waals surface area contributed by atoms with Crippen LogP contribution in [0.15, 0.2) is 30.3 Å². The molecule has 0 fully saturated rings. The molecule has 2 heteroatoms. The van der Waals surface area contributed by atoms with Crippen LogP contribution in [0.5, 0.6) is 0 Å². The Hall–Kier alpha value is -1.57. The number of benzene rings is 1. The van der Waals surface area contributed by atoms with Crippen LogP contribution in [-0.4, -0.2) is 11.1 Å². The first kappa shape index (κ1) is 18.5. The minimum atomic E-state index is -0.899. The van der Waals surface area contributed by atoms with Crippen molar-refractivity contribution in [2.24, 2.45) is 0 Å². The van der Waals surface area contributed by atoms with Gasteiger partial charge in [-0.1, -0.05) is 82.6 Å². The summed E-state index contributed by atoms with van der Waals surface area (Å²) in [6, 6.07) is 8.16. The molecule has 1 aromatic rings. The first-order valence-corrected chi connectivity index (χ1v) is 8.72. The van der Waals surface area contributed by atoms with Gasteiger partial charge in [-0.05, 0) is 30.0 Å². The van der Waals surface area contributed by atoms with Gasteiger partial charge in [-0.2, -0.15) is 0 Å². The van der Waals surface area contributed by atoms with Gasteiger partial charge in [0, 0.05) is 6.08 Å². The van der Waals surface area contributed by atoms with Gasteiger partial charge in [-0.25, -0.2) is 4.79 Å². The maximum Gasteiger partial charge on any atom is 0.328 e. The number of carbonyl (C=O) groups is 1. The van der Waals surface area contributed by atoms with E-state index in [4.69, 9.17) is 5.11 Å². The van der Waals surface area contributed by atoms with Crippen LogP contribution in [0.25, 0.3) is 6.08 Å². The van der Waals surface area contributed by atoms with Crippen molar-refractivity contribution in [1.82, 2.24) is 0 Å². The van der Waals surface area contributed by atoms with E-state index in [1.165, 1.54) is 69.4 Å². The van der Waals surface area contributed by atoms with Gasteiger partial charge in [0.15, 0.2) is 0 Å². The lowest BCUT2D eigenvalue weighted by Crippen LogP contribution is -1.89. The Bertz CT molecular complexity index is 449. The monoisotopic (exact) mass is 302 g/mol. The molecular weight excluding hydrogens is 272 g/mol. The molecule has 0 amide bonds. The van der Waals surface area contributed by atoms with Gasteiger partial charge < -0.3 is 5.11 Å². The highest BCUT2D eigenvalue weighted by Crippen LogP contribution is 2.13. The van der Waals surface area contributed by atoms with Crippen LogP contribution in [0.1, 0.15) is 75.8 Å². The zero-order valence-electron chi connectivity index (χ0n) is 13.9. The second kappa shape index (κ2) is 12.0. The van der Waals surface area contributed by atoms with Gasteiger partial charge in [0.1, 0.15) is 0 Å². The van der Waals surface area contributed by atoms with Gasteiger partial charge in [-0.15, -0.1) is 0 Å². The van der Waals surface area contributed by atoms with Crippen LogP contribution in [-0.2, 0) is 11.2 Å².